The van der Waals surface area contributed by atoms with Crippen molar-refractivity contribution in [3.63, 3.8) is 0 Å². The summed E-state index contributed by atoms with van der Waals surface area (Å²) < 4.78 is 18.6. The first-order chi connectivity index (χ1) is 15.1. The summed E-state index contributed by atoms with van der Waals surface area (Å²) in [7, 11) is 1.34. The van der Waals surface area contributed by atoms with E-state index in [2.05, 4.69) is 45.6 Å². The van der Waals surface area contributed by atoms with Crippen LogP contribution in [0.25, 0.3) is 21.7 Å². The molecule has 1 aliphatic carbocycles. The lowest BCUT2D eigenvalue weighted by Gasteiger charge is -2.14. The molecule has 0 spiro atoms. The molecule has 0 atom stereocenters. The number of halogens is 1. The fourth-order valence-corrected chi connectivity index (χ4v) is 4.42. The number of nitrogens with zero attached hydrogens (tertiary/aromatic N) is 2. The minimum Gasteiger partial charge on any atom is -0.468 e. The average molecular weight is 434 g/mol. The van der Waals surface area contributed by atoms with E-state index in [4.69, 9.17) is 4.74 Å². The Morgan fingerprint density at radius 3 is 2.68 bits per heavy atom. The number of esters is 1. The second-order valence-electron chi connectivity index (χ2n) is 7.53. The summed E-state index contributed by atoms with van der Waals surface area (Å²) in [4.78, 5) is 20.6. The number of carbonyl (C=O) groups excluding carboxylic acids is 1. The van der Waals surface area contributed by atoms with Crippen LogP contribution in [0.5, 0.6) is 0 Å². The van der Waals surface area contributed by atoms with Gasteiger partial charge in [0.15, 0.2) is 5.16 Å². The number of benzene rings is 3. The number of rotatable bonds is 6. The van der Waals surface area contributed by atoms with Gasteiger partial charge in [-0.2, -0.15) is 0 Å². The van der Waals surface area contributed by atoms with Gasteiger partial charge in [0.2, 0.25) is 0 Å². The fourth-order valence-electron chi connectivity index (χ4n) is 3.73. The van der Waals surface area contributed by atoms with Crippen molar-refractivity contribution < 1.29 is 13.9 Å². The maximum Gasteiger partial charge on any atom is 0.316 e. The molecule has 31 heavy (non-hydrogen) atoms. The maximum atomic E-state index is 13.9. The molecular formula is C24H20FN3O2S. The van der Waals surface area contributed by atoms with Crippen LogP contribution in [0.1, 0.15) is 24.3 Å². The van der Waals surface area contributed by atoms with Crippen LogP contribution in [0, 0.1) is 5.82 Å². The molecule has 3 aromatic carbocycles. The van der Waals surface area contributed by atoms with Gasteiger partial charge in [0.05, 0.1) is 18.4 Å². The van der Waals surface area contributed by atoms with E-state index in [-0.39, 0.29) is 17.5 Å². The van der Waals surface area contributed by atoms with Crippen LogP contribution in [0.15, 0.2) is 59.8 Å². The van der Waals surface area contributed by atoms with Crippen molar-refractivity contribution in [1.29, 1.82) is 0 Å². The lowest BCUT2D eigenvalue weighted by molar-refractivity contribution is -0.137. The third kappa shape index (κ3) is 4.05. The topological polar surface area (TPSA) is 64.1 Å². The van der Waals surface area contributed by atoms with Crippen molar-refractivity contribution in [2.45, 2.75) is 23.9 Å². The van der Waals surface area contributed by atoms with Gasteiger partial charge in [-0.1, -0.05) is 42.1 Å². The van der Waals surface area contributed by atoms with Crippen LogP contribution in [-0.4, -0.2) is 28.8 Å². The van der Waals surface area contributed by atoms with Gasteiger partial charge in [-0.25, -0.2) is 14.4 Å². The highest BCUT2D eigenvalue weighted by Crippen LogP contribution is 2.44. The minimum atomic E-state index is -0.375. The van der Waals surface area contributed by atoms with Crippen LogP contribution in [0.3, 0.4) is 0 Å². The Balaban J connectivity index is 1.58. The number of nitrogens with one attached hydrogen (secondary N) is 1. The van der Waals surface area contributed by atoms with Gasteiger partial charge < -0.3 is 10.1 Å². The molecule has 156 valence electrons. The number of ether oxygens (including phenoxy) is 1. The molecular weight excluding hydrogens is 413 g/mol. The molecule has 0 saturated heterocycles. The number of methoxy groups -OCH3 is 1. The Morgan fingerprint density at radius 2 is 1.90 bits per heavy atom. The van der Waals surface area contributed by atoms with Gasteiger partial charge in [0, 0.05) is 22.5 Å². The summed E-state index contributed by atoms with van der Waals surface area (Å²) in [6.07, 6.45) is 2.47. The molecule has 1 saturated carbocycles. The normalized spacial score (nSPS) is 13.5. The molecule has 1 fully saturated rings. The van der Waals surface area contributed by atoms with Crippen molar-refractivity contribution in [2.75, 3.05) is 18.2 Å². The Morgan fingerprint density at radius 1 is 1.10 bits per heavy atom. The van der Waals surface area contributed by atoms with E-state index in [9.17, 15) is 9.18 Å². The van der Waals surface area contributed by atoms with Gasteiger partial charge in [0.1, 0.15) is 11.6 Å². The van der Waals surface area contributed by atoms with Gasteiger partial charge in [-0.15, -0.1) is 0 Å². The number of thioether (sulfide) groups is 1. The molecule has 1 aliphatic rings. The Hall–Kier alpha value is -3.19. The lowest BCUT2D eigenvalue weighted by atomic mass is 9.99. The van der Waals surface area contributed by atoms with Gasteiger partial charge >= 0.3 is 5.97 Å². The predicted molar refractivity (Wildman–Crippen MR) is 121 cm³/mol. The second-order valence-corrected chi connectivity index (χ2v) is 8.47. The minimum absolute atomic E-state index is 0.0791. The quantitative estimate of drug-likeness (QED) is 0.235. The first kappa shape index (κ1) is 19.8. The molecule has 5 rings (SSSR count). The van der Waals surface area contributed by atoms with E-state index < -0.39 is 0 Å². The van der Waals surface area contributed by atoms with Gasteiger partial charge in [-0.05, 0) is 47.9 Å². The van der Waals surface area contributed by atoms with Crippen LogP contribution >= 0.6 is 11.8 Å². The largest absolute Gasteiger partial charge is 0.468 e. The number of hydrogen-bond donors (Lipinski definition) is 1. The van der Waals surface area contributed by atoms with Crippen LogP contribution in [0.2, 0.25) is 0 Å². The fraction of sp³-hybridized carbons (Fsp3) is 0.208. The molecule has 0 amide bonds. The summed E-state index contributed by atoms with van der Waals surface area (Å²) in [5.41, 5.74) is 2.78. The van der Waals surface area contributed by atoms with Crippen molar-refractivity contribution >= 4 is 50.9 Å². The lowest BCUT2D eigenvalue weighted by Crippen LogP contribution is -2.05. The van der Waals surface area contributed by atoms with E-state index in [1.807, 2.05) is 6.07 Å². The highest BCUT2D eigenvalue weighted by atomic mass is 32.2. The second kappa shape index (κ2) is 8.15. The smallest absolute Gasteiger partial charge is 0.316 e. The summed E-state index contributed by atoms with van der Waals surface area (Å²) in [5, 5.41) is 6.87. The van der Waals surface area contributed by atoms with E-state index in [1.54, 1.807) is 6.07 Å². The van der Waals surface area contributed by atoms with Crippen molar-refractivity contribution in [2.24, 2.45) is 0 Å². The first-order valence-electron chi connectivity index (χ1n) is 10.1. The number of aromatic nitrogens is 2. The van der Waals surface area contributed by atoms with Crippen molar-refractivity contribution in [3.05, 3.63) is 66.0 Å². The van der Waals surface area contributed by atoms with Crippen molar-refractivity contribution in [1.82, 2.24) is 9.97 Å². The Kier molecular flexibility index (Phi) is 5.19. The molecule has 7 heteroatoms. The molecule has 1 heterocycles. The predicted octanol–water partition coefficient (Wildman–Crippen LogP) is 5.81. The average Bonchev–Trinajstić information content (AvgIpc) is 3.62. The number of carbonyl (C=O) groups is 1. The molecule has 0 bridgehead atoms. The summed E-state index contributed by atoms with van der Waals surface area (Å²) in [6.45, 7) is 0. The monoisotopic (exact) mass is 433 g/mol. The summed E-state index contributed by atoms with van der Waals surface area (Å²) >= 11 is 1.16. The zero-order valence-electron chi connectivity index (χ0n) is 16.9. The van der Waals surface area contributed by atoms with E-state index in [0.717, 1.165) is 22.8 Å². The highest BCUT2D eigenvalue weighted by Gasteiger charge is 2.25. The first-order valence-corrected chi connectivity index (χ1v) is 11.1. The van der Waals surface area contributed by atoms with Crippen LogP contribution in [-0.2, 0) is 9.53 Å². The van der Waals surface area contributed by atoms with Crippen molar-refractivity contribution in [3.8, 4) is 0 Å². The molecule has 1 aromatic heterocycles. The van der Waals surface area contributed by atoms with E-state index >= 15 is 0 Å². The molecule has 4 aromatic rings. The van der Waals surface area contributed by atoms with E-state index in [1.165, 1.54) is 43.0 Å². The third-order valence-corrected chi connectivity index (χ3v) is 6.23. The van der Waals surface area contributed by atoms with Gasteiger partial charge in [0.25, 0.3) is 0 Å². The Labute approximate surface area is 183 Å². The zero-order valence-corrected chi connectivity index (χ0v) is 17.7. The maximum absolute atomic E-state index is 13.9. The zero-order chi connectivity index (χ0) is 21.4. The number of hydrogen-bond acceptors (Lipinski definition) is 6. The number of fused-ring (bicyclic) bond motifs is 2. The van der Waals surface area contributed by atoms with Crippen LogP contribution < -0.4 is 5.32 Å². The standard InChI is InChI=1S/C24H20FN3O2S/c1-30-22(29)13-31-24-27-21-12-15(25)8-9-19(21)23(28-24)26-20-11-10-16(14-6-7-14)17-4-2-3-5-18(17)20/h2-5,8-12,14H,6-7,13H2,1H3,(H,26,27,28). The Bertz CT molecular complexity index is 1310. The summed E-state index contributed by atoms with van der Waals surface area (Å²) in [6, 6.07) is 17.0. The third-order valence-electron chi connectivity index (χ3n) is 5.41. The molecule has 0 aliphatic heterocycles. The van der Waals surface area contributed by atoms with Gasteiger partial charge in [-0.3, -0.25) is 4.79 Å². The SMILES string of the molecule is COC(=O)CSc1nc(Nc2ccc(C3CC3)c3ccccc23)c2ccc(F)cc2n1. The number of anilines is 2. The molecule has 0 unspecified atom stereocenters. The molecule has 1 N–H and O–H groups in total. The molecule has 5 nitrogen and oxygen atoms in total. The van der Waals surface area contributed by atoms with Crippen LogP contribution in [0.4, 0.5) is 15.9 Å². The molecule has 0 radical (unpaired) electrons. The summed E-state index contributed by atoms with van der Waals surface area (Å²) in [5.74, 6) is 0.546. The van der Waals surface area contributed by atoms with E-state index in [0.29, 0.717) is 27.8 Å². The highest BCUT2D eigenvalue weighted by molar-refractivity contribution is 7.99.